The number of esters is 1. The van der Waals surface area contributed by atoms with Gasteiger partial charge in [0, 0.05) is 13.3 Å². The molecule has 1 unspecified atom stereocenters. The second kappa shape index (κ2) is 9.32. The minimum absolute atomic E-state index is 0.143. The highest BCUT2D eigenvalue weighted by molar-refractivity contribution is 7.57. The average molecular weight is 364 g/mol. The van der Waals surface area contributed by atoms with Crippen LogP contribution in [0.5, 0.6) is 5.75 Å². The molecule has 0 amide bonds. The third-order valence-electron chi connectivity index (χ3n) is 3.15. The van der Waals surface area contributed by atoms with Gasteiger partial charge in [0.2, 0.25) is 0 Å². The third-order valence-corrected chi connectivity index (χ3v) is 5.04. The molecule has 0 fully saturated rings. The number of pyridine rings is 1. The van der Waals surface area contributed by atoms with Crippen LogP contribution in [0.2, 0.25) is 0 Å². The number of nitrogens with zero attached hydrogens (tertiary/aromatic N) is 1. The first kappa shape index (κ1) is 19.1. The number of carbonyl (C=O) groups is 1. The van der Waals surface area contributed by atoms with Crippen LogP contribution in [0.3, 0.4) is 0 Å². The van der Waals surface area contributed by atoms with E-state index in [1.165, 1.54) is 13.3 Å². The molecular weight excluding hydrogens is 343 g/mol. The molecule has 0 aliphatic heterocycles. The lowest BCUT2D eigenvalue weighted by Gasteiger charge is -2.22. The summed E-state index contributed by atoms with van der Waals surface area (Å²) in [7, 11) is -2.06. The molecule has 0 saturated heterocycles. The zero-order valence-corrected chi connectivity index (χ0v) is 15.0. The van der Waals surface area contributed by atoms with Crippen LogP contribution in [0.25, 0.3) is 0 Å². The molecule has 134 valence electrons. The Kier molecular flexibility index (Phi) is 7.13. The van der Waals surface area contributed by atoms with Crippen molar-refractivity contribution in [2.75, 3.05) is 13.5 Å². The Hall–Kier alpha value is -2.21. The van der Waals surface area contributed by atoms with Crippen molar-refractivity contribution < 1.29 is 23.4 Å². The van der Waals surface area contributed by atoms with Crippen LogP contribution in [0.1, 0.15) is 12.5 Å². The highest BCUT2D eigenvalue weighted by Crippen LogP contribution is 2.43. The summed E-state index contributed by atoms with van der Waals surface area (Å²) < 4.78 is 28.6. The lowest BCUT2D eigenvalue weighted by Crippen LogP contribution is -2.35. The average Bonchev–Trinajstić information content (AvgIpc) is 2.61. The summed E-state index contributed by atoms with van der Waals surface area (Å²) in [6.45, 7) is 1.70. The zero-order chi connectivity index (χ0) is 18.1. The predicted molar refractivity (Wildman–Crippen MR) is 93.2 cm³/mol. The van der Waals surface area contributed by atoms with Crippen LogP contribution in [-0.4, -0.2) is 30.5 Å². The van der Waals surface area contributed by atoms with Gasteiger partial charge in [-0.05, 0) is 24.6 Å². The van der Waals surface area contributed by atoms with Gasteiger partial charge >= 0.3 is 13.5 Å². The van der Waals surface area contributed by atoms with Crippen molar-refractivity contribution in [1.82, 2.24) is 10.1 Å². The van der Waals surface area contributed by atoms with Gasteiger partial charge in [0.25, 0.3) is 0 Å². The van der Waals surface area contributed by atoms with Gasteiger partial charge in [-0.2, -0.15) is 0 Å². The van der Waals surface area contributed by atoms with Crippen LogP contribution < -0.4 is 9.61 Å². The molecule has 0 radical (unpaired) electrons. The van der Waals surface area contributed by atoms with Crippen LogP contribution >= 0.6 is 7.52 Å². The van der Waals surface area contributed by atoms with Gasteiger partial charge in [-0.1, -0.05) is 30.3 Å². The minimum Gasteiger partial charge on any atom is -0.460 e. The summed E-state index contributed by atoms with van der Waals surface area (Å²) in [6.07, 6.45) is 2.81. The van der Waals surface area contributed by atoms with Crippen molar-refractivity contribution >= 4 is 13.5 Å². The number of aromatic nitrogens is 1. The van der Waals surface area contributed by atoms with E-state index in [1.807, 2.05) is 30.3 Å². The molecule has 1 aromatic carbocycles. The Morgan fingerprint density at radius 2 is 2.00 bits per heavy atom. The summed E-state index contributed by atoms with van der Waals surface area (Å²) in [5, 5.41) is 2.68. The zero-order valence-electron chi connectivity index (χ0n) is 14.1. The van der Waals surface area contributed by atoms with Crippen molar-refractivity contribution in [2.24, 2.45) is 0 Å². The van der Waals surface area contributed by atoms with E-state index in [0.717, 1.165) is 5.56 Å². The number of carbonyl (C=O) groups excluding carboxylic acids is 1. The van der Waals surface area contributed by atoms with Gasteiger partial charge in [0.05, 0.1) is 6.20 Å². The maximum atomic E-state index is 12.9. The molecular formula is C17H21N2O5P. The maximum absolute atomic E-state index is 12.9. The monoisotopic (exact) mass is 364 g/mol. The first-order chi connectivity index (χ1) is 12.0. The first-order valence-electron chi connectivity index (χ1n) is 7.68. The number of benzene rings is 1. The van der Waals surface area contributed by atoms with E-state index in [0.29, 0.717) is 5.75 Å². The minimum atomic E-state index is -3.46. The third kappa shape index (κ3) is 6.31. The lowest BCUT2D eigenvalue weighted by molar-refractivity contribution is -0.146. The summed E-state index contributed by atoms with van der Waals surface area (Å²) in [5.41, 5.74) is 0.870. The number of ether oxygens (including phenoxy) is 2. The van der Waals surface area contributed by atoms with Crippen LogP contribution in [0.15, 0.2) is 54.9 Å². The fraction of sp³-hybridized carbons (Fsp3) is 0.294. The Labute approximate surface area is 146 Å². The van der Waals surface area contributed by atoms with Crippen molar-refractivity contribution in [1.29, 1.82) is 0 Å². The Bertz CT molecular complexity index is 711. The van der Waals surface area contributed by atoms with Gasteiger partial charge in [0.15, 0.2) is 0 Å². The largest absolute Gasteiger partial charge is 0.460 e. The summed E-state index contributed by atoms with van der Waals surface area (Å²) in [5.74, 6) is -0.213. The van der Waals surface area contributed by atoms with E-state index >= 15 is 0 Å². The summed E-state index contributed by atoms with van der Waals surface area (Å²) in [6, 6.07) is 11.8. The molecule has 2 aromatic rings. The quantitative estimate of drug-likeness (QED) is 0.541. The number of nitrogens with one attached hydrogen (secondary N) is 1. The number of hydrogen-bond acceptors (Lipinski definition) is 6. The van der Waals surface area contributed by atoms with Crippen molar-refractivity contribution in [3.63, 3.8) is 0 Å². The lowest BCUT2D eigenvalue weighted by atomic mass is 10.2. The standard InChI is InChI=1S/C17H21N2O5P/c1-14(17(20)23-12-15-7-4-3-5-8-15)19-25(21,13-22-2)24-16-9-6-10-18-11-16/h3-11,14H,12-13H2,1-2H3,(H,19,21)/t14-,25?/m0/s1. The van der Waals surface area contributed by atoms with Gasteiger partial charge in [0.1, 0.15) is 24.7 Å². The Morgan fingerprint density at radius 1 is 1.24 bits per heavy atom. The van der Waals surface area contributed by atoms with Gasteiger partial charge in [-0.25, -0.2) is 5.09 Å². The summed E-state index contributed by atoms with van der Waals surface area (Å²) >= 11 is 0. The highest BCUT2D eigenvalue weighted by atomic mass is 31.2. The topological polar surface area (TPSA) is 86.8 Å². The summed E-state index contributed by atoms with van der Waals surface area (Å²) in [4.78, 5) is 16.0. The Morgan fingerprint density at radius 3 is 2.64 bits per heavy atom. The smallest absolute Gasteiger partial charge is 0.342 e. The number of hydrogen-bond donors (Lipinski definition) is 1. The molecule has 1 heterocycles. The molecule has 0 spiro atoms. The molecule has 0 aliphatic carbocycles. The molecule has 0 aliphatic rings. The molecule has 0 saturated carbocycles. The molecule has 7 nitrogen and oxygen atoms in total. The van der Waals surface area contributed by atoms with Crippen LogP contribution in [0, 0.1) is 0 Å². The normalized spacial score (nSPS) is 14.3. The molecule has 1 N–H and O–H groups in total. The van der Waals surface area contributed by atoms with Gasteiger partial charge < -0.3 is 14.0 Å². The fourth-order valence-electron chi connectivity index (χ4n) is 2.03. The van der Waals surface area contributed by atoms with E-state index in [1.54, 1.807) is 25.3 Å². The van der Waals surface area contributed by atoms with Crippen LogP contribution in [-0.2, 0) is 25.4 Å². The van der Waals surface area contributed by atoms with Crippen LogP contribution in [0.4, 0.5) is 0 Å². The fourth-order valence-corrected chi connectivity index (χ4v) is 3.70. The van der Waals surface area contributed by atoms with E-state index < -0.39 is 19.5 Å². The van der Waals surface area contributed by atoms with E-state index in [4.69, 9.17) is 14.0 Å². The van der Waals surface area contributed by atoms with Gasteiger partial charge in [-0.3, -0.25) is 14.3 Å². The van der Waals surface area contributed by atoms with Crippen molar-refractivity contribution in [2.45, 2.75) is 19.6 Å². The van der Waals surface area contributed by atoms with E-state index in [9.17, 15) is 9.36 Å². The maximum Gasteiger partial charge on any atom is 0.342 e. The molecule has 2 atom stereocenters. The Balaban J connectivity index is 1.95. The second-order valence-corrected chi connectivity index (χ2v) is 7.36. The van der Waals surface area contributed by atoms with Crippen molar-refractivity contribution in [3.05, 3.63) is 60.4 Å². The molecule has 25 heavy (non-hydrogen) atoms. The van der Waals surface area contributed by atoms with Crippen molar-refractivity contribution in [3.8, 4) is 5.75 Å². The molecule has 8 heteroatoms. The first-order valence-corrected chi connectivity index (χ1v) is 9.49. The van der Waals surface area contributed by atoms with E-state index in [-0.39, 0.29) is 13.0 Å². The molecule has 1 aromatic heterocycles. The SMILES string of the molecule is COCP(=O)(N[C@@H](C)C(=O)OCc1ccccc1)Oc1cccnc1. The second-order valence-electron chi connectivity index (χ2n) is 5.32. The van der Waals surface area contributed by atoms with Gasteiger partial charge in [-0.15, -0.1) is 0 Å². The predicted octanol–water partition coefficient (Wildman–Crippen LogP) is 2.98. The molecule has 2 rings (SSSR count). The highest BCUT2D eigenvalue weighted by Gasteiger charge is 2.30. The van der Waals surface area contributed by atoms with E-state index in [2.05, 4.69) is 10.1 Å². The number of methoxy groups -OCH3 is 1. The number of rotatable bonds is 9. The molecule has 0 bridgehead atoms.